The van der Waals surface area contributed by atoms with Gasteiger partial charge in [0.05, 0.1) is 19.6 Å². The molecule has 1 fully saturated rings. The van der Waals surface area contributed by atoms with Gasteiger partial charge in [-0.05, 0) is 25.7 Å². The van der Waals surface area contributed by atoms with Crippen molar-refractivity contribution in [3.05, 3.63) is 0 Å². The van der Waals surface area contributed by atoms with Crippen molar-refractivity contribution in [3.63, 3.8) is 0 Å². The van der Waals surface area contributed by atoms with E-state index in [4.69, 9.17) is 14.6 Å². The van der Waals surface area contributed by atoms with Gasteiger partial charge in [0.2, 0.25) is 0 Å². The Morgan fingerprint density at radius 1 is 1.25 bits per heavy atom. The van der Waals surface area contributed by atoms with Gasteiger partial charge in [0.15, 0.2) is 5.79 Å². The summed E-state index contributed by atoms with van der Waals surface area (Å²) in [5.74, 6) is -1.05. The SMILES string of the molecule is CC(C)(C)CC(=O)O.CC1(C)OCCCO1. The summed E-state index contributed by atoms with van der Waals surface area (Å²) in [4.78, 5) is 10.0. The van der Waals surface area contributed by atoms with Crippen molar-refractivity contribution in [2.75, 3.05) is 13.2 Å². The van der Waals surface area contributed by atoms with Gasteiger partial charge >= 0.3 is 5.97 Å². The lowest BCUT2D eigenvalue weighted by Gasteiger charge is -2.29. The molecule has 0 unspecified atom stereocenters. The molecule has 1 rings (SSSR count). The molecule has 0 spiro atoms. The first-order valence-corrected chi connectivity index (χ1v) is 5.62. The number of carboxylic acid groups (broad SMARTS) is 1. The molecule has 0 radical (unpaired) electrons. The molecule has 0 saturated carbocycles. The number of rotatable bonds is 1. The fraction of sp³-hybridized carbons (Fsp3) is 0.917. The van der Waals surface area contributed by atoms with E-state index in [0.29, 0.717) is 0 Å². The Morgan fingerprint density at radius 3 is 1.81 bits per heavy atom. The maximum absolute atomic E-state index is 10.0. The largest absolute Gasteiger partial charge is 0.481 e. The third-order valence-electron chi connectivity index (χ3n) is 1.87. The minimum atomic E-state index is -0.725. The van der Waals surface area contributed by atoms with E-state index in [0.717, 1.165) is 19.6 Å². The van der Waals surface area contributed by atoms with E-state index >= 15 is 0 Å². The van der Waals surface area contributed by atoms with Crippen LogP contribution in [0.1, 0.15) is 47.5 Å². The van der Waals surface area contributed by atoms with Crippen molar-refractivity contribution in [3.8, 4) is 0 Å². The monoisotopic (exact) mass is 232 g/mol. The number of carbonyl (C=O) groups is 1. The van der Waals surface area contributed by atoms with Crippen molar-refractivity contribution < 1.29 is 19.4 Å². The van der Waals surface area contributed by atoms with Gasteiger partial charge in [-0.25, -0.2) is 0 Å². The van der Waals surface area contributed by atoms with Gasteiger partial charge in [0, 0.05) is 0 Å². The molecule has 0 amide bonds. The fourth-order valence-corrected chi connectivity index (χ4v) is 1.19. The van der Waals surface area contributed by atoms with Gasteiger partial charge in [-0.2, -0.15) is 0 Å². The highest BCUT2D eigenvalue weighted by Gasteiger charge is 2.21. The van der Waals surface area contributed by atoms with Gasteiger partial charge in [-0.3, -0.25) is 4.79 Å². The van der Waals surface area contributed by atoms with Gasteiger partial charge in [-0.15, -0.1) is 0 Å². The number of ether oxygens (including phenoxy) is 2. The topological polar surface area (TPSA) is 55.8 Å². The van der Waals surface area contributed by atoms with Crippen molar-refractivity contribution in [2.45, 2.75) is 53.2 Å². The molecule has 0 aromatic heterocycles. The third-order valence-corrected chi connectivity index (χ3v) is 1.87. The van der Waals surface area contributed by atoms with E-state index in [2.05, 4.69) is 0 Å². The number of hydrogen-bond acceptors (Lipinski definition) is 3. The predicted octanol–water partition coefficient (Wildman–Crippen LogP) is 2.67. The zero-order valence-electron chi connectivity index (χ0n) is 11.0. The van der Waals surface area contributed by atoms with E-state index in [1.807, 2.05) is 34.6 Å². The molecule has 4 heteroatoms. The summed E-state index contributed by atoms with van der Waals surface area (Å²) in [6.45, 7) is 11.3. The molecule has 1 aliphatic rings. The molecular formula is C12H24O4. The molecule has 16 heavy (non-hydrogen) atoms. The van der Waals surface area contributed by atoms with Gasteiger partial charge < -0.3 is 14.6 Å². The van der Waals surface area contributed by atoms with Gasteiger partial charge in [-0.1, -0.05) is 20.8 Å². The zero-order valence-corrected chi connectivity index (χ0v) is 11.0. The van der Waals surface area contributed by atoms with Crippen LogP contribution >= 0.6 is 0 Å². The number of aliphatic carboxylic acids is 1. The molecule has 0 aromatic carbocycles. The first-order chi connectivity index (χ1) is 7.12. The number of carboxylic acids is 1. The normalized spacial score (nSPS) is 19.6. The highest BCUT2D eigenvalue weighted by Crippen LogP contribution is 2.17. The van der Waals surface area contributed by atoms with Crippen LogP contribution in [0.4, 0.5) is 0 Å². The van der Waals surface area contributed by atoms with E-state index in [9.17, 15) is 4.79 Å². The minimum Gasteiger partial charge on any atom is -0.481 e. The molecule has 96 valence electrons. The fourth-order valence-electron chi connectivity index (χ4n) is 1.19. The van der Waals surface area contributed by atoms with E-state index in [1.165, 1.54) is 0 Å². The second-order valence-electron chi connectivity index (χ2n) is 5.58. The van der Waals surface area contributed by atoms with Crippen LogP contribution < -0.4 is 0 Å². The van der Waals surface area contributed by atoms with Crippen LogP contribution in [-0.2, 0) is 14.3 Å². The summed E-state index contributed by atoms with van der Waals surface area (Å²) in [6, 6.07) is 0. The van der Waals surface area contributed by atoms with Crippen LogP contribution in [0.5, 0.6) is 0 Å². The first kappa shape index (κ1) is 15.4. The summed E-state index contributed by atoms with van der Waals surface area (Å²) in [7, 11) is 0. The van der Waals surface area contributed by atoms with Crippen molar-refractivity contribution >= 4 is 5.97 Å². The van der Waals surface area contributed by atoms with Crippen LogP contribution in [0.3, 0.4) is 0 Å². The Kier molecular flexibility index (Phi) is 5.97. The Bertz CT molecular complexity index is 208. The average molecular weight is 232 g/mol. The standard InChI is InChI=1S/2C6H12O2/c1-6(2)7-4-3-5-8-6;1-6(2,3)4-5(7)8/h3-5H2,1-2H3;4H2,1-3H3,(H,7,8). The van der Waals surface area contributed by atoms with Crippen LogP contribution in [0.2, 0.25) is 0 Å². The van der Waals surface area contributed by atoms with Crippen molar-refractivity contribution in [1.82, 2.24) is 0 Å². The molecule has 1 heterocycles. The Balaban J connectivity index is 0.000000281. The predicted molar refractivity (Wildman–Crippen MR) is 62.3 cm³/mol. The summed E-state index contributed by atoms with van der Waals surface area (Å²) in [5, 5.41) is 8.25. The molecule has 0 aliphatic carbocycles. The molecule has 0 bridgehead atoms. The highest BCUT2D eigenvalue weighted by molar-refractivity contribution is 5.67. The zero-order chi connectivity index (χ0) is 12.8. The minimum absolute atomic E-state index is 0.0775. The molecule has 1 saturated heterocycles. The summed E-state index contributed by atoms with van der Waals surface area (Å²) in [5.41, 5.74) is -0.0775. The summed E-state index contributed by atoms with van der Waals surface area (Å²) in [6.07, 6.45) is 1.27. The maximum Gasteiger partial charge on any atom is 0.303 e. The second-order valence-corrected chi connectivity index (χ2v) is 5.58. The average Bonchev–Trinajstić information content (AvgIpc) is 1.99. The van der Waals surface area contributed by atoms with Crippen LogP contribution in [-0.4, -0.2) is 30.1 Å². The molecule has 0 atom stereocenters. The van der Waals surface area contributed by atoms with Crippen LogP contribution in [0.15, 0.2) is 0 Å². The Hall–Kier alpha value is -0.610. The molecule has 4 nitrogen and oxygen atoms in total. The Labute approximate surface area is 97.9 Å². The molecule has 0 aromatic rings. The molecular weight excluding hydrogens is 208 g/mol. The quantitative estimate of drug-likeness (QED) is 0.755. The highest BCUT2D eigenvalue weighted by atomic mass is 16.7. The van der Waals surface area contributed by atoms with E-state index in [1.54, 1.807) is 0 Å². The van der Waals surface area contributed by atoms with E-state index < -0.39 is 5.97 Å². The Morgan fingerprint density at radius 2 is 1.69 bits per heavy atom. The summed E-state index contributed by atoms with van der Waals surface area (Å²) < 4.78 is 10.5. The number of hydrogen-bond donors (Lipinski definition) is 1. The summed E-state index contributed by atoms with van der Waals surface area (Å²) >= 11 is 0. The smallest absolute Gasteiger partial charge is 0.303 e. The lowest BCUT2D eigenvalue weighted by atomic mass is 9.93. The second kappa shape index (κ2) is 6.21. The molecule has 1 aliphatic heterocycles. The van der Waals surface area contributed by atoms with E-state index in [-0.39, 0.29) is 17.6 Å². The van der Waals surface area contributed by atoms with Crippen molar-refractivity contribution in [1.29, 1.82) is 0 Å². The van der Waals surface area contributed by atoms with Crippen LogP contribution in [0.25, 0.3) is 0 Å². The van der Waals surface area contributed by atoms with Gasteiger partial charge in [0.1, 0.15) is 0 Å². The lowest BCUT2D eigenvalue weighted by molar-refractivity contribution is -0.244. The third kappa shape index (κ3) is 9.93. The van der Waals surface area contributed by atoms with Gasteiger partial charge in [0.25, 0.3) is 0 Å². The maximum atomic E-state index is 10.0. The van der Waals surface area contributed by atoms with Crippen molar-refractivity contribution in [2.24, 2.45) is 5.41 Å². The lowest BCUT2D eigenvalue weighted by Crippen LogP contribution is -2.33. The first-order valence-electron chi connectivity index (χ1n) is 5.62. The van der Waals surface area contributed by atoms with Crippen LogP contribution in [0, 0.1) is 5.41 Å². The molecule has 1 N–H and O–H groups in total.